The Morgan fingerprint density at radius 2 is 0.967 bits per heavy atom. The van der Waals surface area contributed by atoms with E-state index in [1.165, 1.54) is 89.9 Å². The number of esters is 1. The summed E-state index contributed by atoms with van der Waals surface area (Å²) in [6, 6.07) is 0. The van der Waals surface area contributed by atoms with Crippen molar-refractivity contribution in [3.05, 3.63) is 0 Å². The van der Waals surface area contributed by atoms with E-state index >= 15 is 0 Å². The maximum atomic E-state index is 11.8. The van der Waals surface area contributed by atoms with Crippen molar-refractivity contribution >= 4 is 11.9 Å². The van der Waals surface area contributed by atoms with Gasteiger partial charge in [0.1, 0.15) is 6.61 Å². The minimum Gasteiger partial charge on any atom is -0.464 e. The Hall–Kier alpha value is -1.06. The number of ether oxygens (including phenoxy) is 1. The number of hydrogen-bond donors (Lipinski definition) is 1. The second kappa shape index (κ2) is 24.2. The highest BCUT2D eigenvalue weighted by atomic mass is 16.5. The highest BCUT2D eigenvalue weighted by molar-refractivity contribution is 5.75. The van der Waals surface area contributed by atoms with E-state index in [2.05, 4.69) is 19.2 Å². The molecule has 0 aliphatic heterocycles. The smallest absolute Gasteiger partial charge is 0.305 e. The minimum atomic E-state index is -0.133. The number of carbonyl (C=O) groups excluding carboxylic acids is 2. The normalized spacial score (nSPS) is 10.9. The van der Waals surface area contributed by atoms with Crippen molar-refractivity contribution in [2.75, 3.05) is 13.2 Å². The molecule has 0 spiro atoms. The van der Waals surface area contributed by atoms with Gasteiger partial charge in [-0.25, -0.2) is 0 Å². The molecule has 178 valence electrons. The molecule has 0 aliphatic rings. The lowest BCUT2D eigenvalue weighted by atomic mass is 10.1. The van der Waals surface area contributed by atoms with Crippen LogP contribution < -0.4 is 5.32 Å². The van der Waals surface area contributed by atoms with E-state index in [9.17, 15) is 9.59 Å². The monoisotopic (exact) mass is 425 g/mol. The second-order valence-electron chi connectivity index (χ2n) is 8.73. The third-order valence-corrected chi connectivity index (χ3v) is 5.68. The zero-order chi connectivity index (χ0) is 22.1. The van der Waals surface area contributed by atoms with Crippen LogP contribution in [0.5, 0.6) is 0 Å². The quantitative estimate of drug-likeness (QED) is 0.136. The molecule has 0 atom stereocenters. The van der Waals surface area contributed by atoms with Gasteiger partial charge in [0.25, 0.3) is 0 Å². The maximum absolute atomic E-state index is 11.8. The molecule has 4 nitrogen and oxygen atoms in total. The van der Waals surface area contributed by atoms with Crippen molar-refractivity contribution in [1.82, 2.24) is 5.32 Å². The molecule has 0 unspecified atom stereocenters. The number of rotatable bonds is 23. The fourth-order valence-electron chi connectivity index (χ4n) is 3.69. The van der Waals surface area contributed by atoms with E-state index < -0.39 is 0 Å². The summed E-state index contributed by atoms with van der Waals surface area (Å²) in [4.78, 5) is 23.5. The second-order valence-corrected chi connectivity index (χ2v) is 8.73. The highest BCUT2D eigenvalue weighted by Gasteiger charge is 2.04. The first-order chi connectivity index (χ1) is 14.7. The Balaban J connectivity index is 3.29. The SMILES string of the molecule is CCCCCCCCCCCC(=O)NCCOC(=O)CCCCCCCCCCC. The molecule has 1 N–H and O–H groups in total. The summed E-state index contributed by atoms with van der Waals surface area (Å²) in [6.45, 7) is 5.21. The molecule has 0 saturated heterocycles. The number of amides is 1. The lowest BCUT2D eigenvalue weighted by molar-refractivity contribution is -0.144. The van der Waals surface area contributed by atoms with E-state index in [0.29, 0.717) is 26.0 Å². The molecule has 4 heteroatoms. The number of hydrogen-bond acceptors (Lipinski definition) is 3. The van der Waals surface area contributed by atoms with E-state index in [0.717, 1.165) is 25.7 Å². The average molecular weight is 426 g/mol. The molecule has 0 aliphatic carbocycles. The van der Waals surface area contributed by atoms with Crippen molar-refractivity contribution in [3.63, 3.8) is 0 Å². The molecule has 0 fully saturated rings. The van der Waals surface area contributed by atoms with Gasteiger partial charge in [0, 0.05) is 12.8 Å². The topological polar surface area (TPSA) is 55.4 Å². The van der Waals surface area contributed by atoms with Crippen LogP contribution in [0.1, 0.15) is 142 Å². The third-order valence-electron chi connectivity index (χ3n) is 5.68. The predicted octanol–water partition coefficient (Wildman–Crippen LogP) is 7.49. The van der Waals surface area contributed by atoms with E-state index in [-0.39, 0.29) is 11.9 Å². The van der Waals surface area contributed by atoms with Gasteiger partial charge in [0.15, 0.2) is 0 Å². The van der Waals surface area contributed by atoms with Crippen molar-refractivity contribution in [1.29, 1.82) is 0 Å². The molecule has 0 bridgehead atoms. The predicted molar refractivity (Wildman–Crippen MR) is 128 cm³/mol. The van der Waals surface area contributed by atoms with Gasteiger partial charge in [-0.1, -0.05) is 117 Å². The molecule has 1 amide bonds. The molecular formula is C26H51NO3. The lowest BCUT2D eigenvalue weighted by Gasteiger charge is -2.07. The van der Waals surface area contributed by atoms with Gasteiger partial charge < -0.3 is 10.1 Å². The Morgan fingerprint density at radius 3 is 1.43 bits per heavy atom. The first kappa shape index (κ1) is 28.9. The Kier molecular flexibility index (Phi) is 23.4. The molecule has 30 heavy (non-hydrogen) atoms. The molecule has 0 aromatic rings. The summed E-state index contributed by atoms with van der Waals surface area (Å²) in [5.41, 5.74) is 0. The molecule has 0 rings (SSSR count). The van der Waals surface area contributed by atoms with Gasteiger partial charge in [0.05, 0.1) is 6.54 Å². The van der Waals surface area contributed by atoms with Crippen molar-refractivity contribution in [2.45, 2.75) is 142 Å². The van der Waals surface area contributed by atoms with Gasteiger partial charge in [-0.3, -0.25) is 9.59 Å². The van der Waals surface area contributed by atoms with Crippen LogP contribution in [0.3, 0.4) is 0 Å². The van der Waals surface area contributed by atoms with Crippen molar-refractivity contribution < 1.29 is 14.3 Å². The van der Waals surface area contributed by atoms with Crippen LogP contribution in [-0.2, 0) is 14.3 Å². The zero-order valence-corrected chi connectivity index (χ0v) is 20.3. The van der Waals surface area contributed by atoms with Gasteiger partial charge in [0.2, 0.25) is 5.91 Å². The summed E-state index contributed by atoms with van der Waals surface area (Å²) in [6.07, 6.45) is 23.6. The Bertz CT molecular complexity index is 348. The van der Waals surface area contributed by atoms with Gasteiger partial charge in [-0.15, -0.1) is 0 Å². The average Bonchev–Trinajstić information content (AvgIpc) is 2.74. The molecule has 0 saturated carbocycles. The van der Waals surface area contributed by atoms with Crippen molar-refractivity contribution in [2.24, 2.45) is 0 Å². The molecule has 0 radical (unpaired) electrons. The number of unbranched alkanes of at least 4 members (excludes halogenated alkanes) is 16. The van der Waals surface area contributed by atoms with Crippen LogP contribution in [0.2, 0.25) is 0 Å². The largest absolute Gasteiger partial charge is 0.464 e. The number of nitrogens with one attached hydrogen (secondary N) is 1. The standard InChI is InChI=1S/C26H51NO3/c1-3-5-7-9-11-13-15-17-19-21-25(28)27-23-24-30-26(29)22-20-18-16-14-12-10-8-6-4-2/h3-24H2,1-2H3,(H,27,28). The van der Waals surface area contributed by atoms with E-state index in [4.69, 9.17) is 4.74 Å². The number of carbonyl (C=O) groups is 2. The fourth-order valence-corrected chi connectivity index (χ4v) is 3.69. The Morgan fingerprint density at radius 1 is 0.567 bits per heavy atom. The fraction of sp³-hybridized carbons (Fsp3) is 0.923. The molecule has 0 heterocycles. The first-order valence-corrected chi connectivity index (χ1v) is 13.1. The van der Waals surface area contributed by atoms with E-state index in [1.807, 2.05) is 0 Å². The summed E-state index contributed by atoms with van der Waals surface area (Å²) >= 11 is 0. The first-order valence-electron chi connectivity index (χ1n) is 13.1. The van der Waals surface area contributed by atoms with Crippen LogP contribution >= 0.6 is 0 Å². The summed E-state index contributed by atoms with van der Waals surface area (Å²) in [5, 5.41) is 2.85. The van der Waals surface area contributed by atoms with Crippen LogP contribution in [0.15, 0.2) is 0 Å². The lowest BCUT2D eigenvalue weighted by Crippen LogP contribution is -2.27. The molecule has 0 aromatic carbocycles. The van der Waals surface area contributed by atoms with E-state index in [1.54, 1.807) is 0 Å². The van der Waals surface area contributed by atoms with Crippen LogP contribution in [0, 0.1) is 0 Å². The van der Waals surface area contributed by atoms with Gasteiger partial charge in [-0.2, -0.15) is 0 Å². The summed E-state index contributed by atoms with van der Waals surface area (Å²) < 4.78 is 5.21. The summed E-state index contributed by atoms with van der Waals surface area (Å²) in [5.74, 6) is -0.0564. The third kappa shape index (κ3) is 23.2. The summed E-state index contributed by atoms with van der Waals surface area (Å²) in [7, 11) is 0. The zero-order valence-electron chi connectivity index (χ0n) is 20.3. The van der Waals surface area contributed by atoms with Crippen LogP contribution in [0.4, 0.5) is 0 Å². The van der Waals surface area contributed by atoms with Crippen LogP contribution in [0.25, 0.3) is 0 Å². The Labute approximate surface area is 187 Å². The maximum Gasteiger partial charge on any atom is 0.305 e. The van der Waals surface area contributed by atoms with Gasteiger partial charge in [-0.05, 0) is 12.8 Å². The van der Waals surface area contributed by atoms with Crippen molar-refractivity contribution in [3.8, 4) is 0 Å². The van der Waals surface area contributed by atoms with Gasteiger partial charge >= 0.3 is 5.97 Å². The minimum absolute atomic E-state index is 0.0768. The van der Waals surface area contributed by atoms with Crippen LogP contribution in [-0.4, -0.2) is 25.0 Å². The molecular weight excluding hydrogens is 374 g/mol. The highest BCUT2D eigenvalue weighted by Crippen LogP contribution is 2.11. The molecule has 0 aromatic heterocycles.